The van der Waals surface area contributed by atoms with E-state index in [-0.39, 0.29) is 12.5 Å². The van der Waals surface area contributed by atoms with Gasteiger partial charge in [-0.2, -0.15) is 4.98 Å². The molecule has 152 valence electrons. The molecule has 0 bridgehead atoms. The topological polar surface area (TPSA) is 84.2 Å². The lowest BCUT2D eigenvalue weighted by Gasteiger charge is -2.26. The van der Waals surface area contributed by atoms with Crippen molar-refractivity contribution in [1.29, 1.82) is 0 Å². The van der Waals surface area contributed by atoms with Gasteiger partial charge in [0.05, 0.1) is 17.8 Å². The molecule has 0 fully saturated rings. The molecule has 0 aliphatic carbocycles. The molecule has 0 atom stereocenters. The molecular formula is C21H25N5O2S. The van der Waals surface area contributed by atoms with E-state index in [1.807, 2.05) is 18.5 Å². The SMILES string of the molecule is CCc1ccc(CN2CCc3c(C(=O)NCc4nc(CC)no4)csc3C2)nc1. The lowest BCUT2D eigenvalue weighted by molar-refractivity contribution is 0.0945. The summed E-state index contributed by atoms with van der Waals surface area (Å²) in [7, 11) is 0. The third-order valence-electron chi connectivity index (χ3n) is 5.18. The Morgan fingerprint density at radius 3 is 2.93 bits per heavy atom. The fourth-order valence-corrected chi connectivity index (χ4v) is 4.57. The average Bonchev–Trinajstić information content (AvgIpc) is 3.39. The van der Waals surface area contributed by atoms with E-state index in [0.29, 0.717) is 18.1 Å². The Morgan fingerprint density at radius 2 is 2.21 bits per heavy atom. The van der Waals surface area contributed by atoms with Gasteiger partial charge in [0.2, 0.25) is 5.89 Å². The maximum atomic E-state index is 12.6. The monoisotopic (exact) mass is 411 g/mol. The summed E-state index contributed by atoms with van der Waals surface area (Å²) in [6.07, 6.45) is 4.55. The molecule has 7 nitrogen and oxygen atoms in total. The zero-order valence-corrected chi connectivity index (χ0v) is 17.6. The van der Waals surface area contributed by atoms with Gasteiger partial charge in [-0.1, -0.05) is 25.1 Å². The quantitative estimate of drug-likeness (QED) is 0.643. The molecule has 8 heteroatoms. The van der Waals surface area contributed by atoms with Gasteiger partial charge in [-0.05, 0) is 30.0 Å². The molecule has 0 spiro atoms. The van der Waals surface area contributed by atoms with E-state index in [1.165, 1.54) is 10.4 Å². The zero-order valence-electron chi connectivity index (χ0n) is 16.8. The number of amides is 1. The van der Waals surface area contributed by atoms with Crippen molar-refractivity contribution in [3.63, 3.8) is 0 Å². The number of nitrogens with zero attached hydrogens (tertiary/aromatic N) is 4. The van der Waals surface area contributed by atoms with Gasteiger partial charge in [0.1, 0.15) is 0 Å². The normalized spacial score (nSPS) is 14.0. The first-order valence-electron chi connectivity index (χ1n) is 10.0. The second-order valence-corrected chi connectivity index (χ2v) is 8.13. The van der Waals surface area contributed by atoms with Crippen molar-refractivity contribution in [2.45, 2.75) is 52.7 Å². The van der Waals surface area contributed by atoms with E-state index in [9.17, 15) is 4.79 Å². The molecule has 4 rings (SSSR count). The van der Waals surface area contributed by atoms with Crippen molar-refractivity contribution in [3.8, 4) is 0 Å². The number of aromatic nitrogens is 3. The van der Waals surface area contributed by atoms with Crippen LogP contribution in [0.15, 0.2) is 28.2 Å². The van der Waals surface area contributed by atoms with E-state index in [1.54, 1.807) is 11.3 Å². The van der Waals surface area contributed by atoms with Gasteiger partial charge in [-0.15, -0.1) is 11.3 Å². The fraction of sp³-hybridized carbons (Fsp3) is 0.429. The fourth-order valence-electron chi connectivity index (χ4n) is 3.45. The number of rotatable bonds is 7. The molecule has 0 saturated carbocycles. The van der Waals surface area contributed by atoms with Crippen molar-refractivity contribution < 1.29 is 9.32 Å². The van der Waals surface area contributed by atoms with Gasteiger partial charge in [0.15, 0.2) is 5.82 Å². The van der Waals surface area contributed by atoms with Gasteiger partial charge < -0.3 is 9.84 Å². The Balaban J connectivity index is 1.36. The third kappa shape index (κ3) is 4.54. The van der Waals surface area contributed by atoms with Gasteiger partial charge in [0.25, 0.3) is 5.91 Å². The molecule has 0 aromatic carbocycles. The molecule has 0 unspecified atom stereocenters. The summed E-state index contributed by atoms with van der Waals surface area (Å²) < 4.78 is 5.14. The van der Waals surface area contributed by atoms with Crippen molar-refractivity contribution in [3.05, 3.63) is 62.7 Å². The summed E-state index contributed by atoms with van der Waals surface area (Å²) in [4.78, 5) is 25.1. The second kappa shape index (κ2) is 8.84. The second-order valence-electron chi connectivity index (χ2n) is 7.16. The molecule has 1 amide bonds. The van der Waals surface area contributed by atoms with Crippen LogP contribution in [-0.4, -0.2) is 32.5 Å². The van der Waals surface area contributed by atoms with Gasteiger partial charge in [-0.25, -0.2) is 0 Å². The van der Waals surface area contributed by atoms with Crippen LogP contribution in [0.1, 0.15) is 57.6 Å². The van der Waals surface area contributed by atoms with E-state index in [4.69, 9.17) is 4.52 Å². The Hall–Kier alpha value is -2.58. The van der Waals surface area contributed by atoms with Crippen LogP contribution < -0.4 is 5.32 Å². The maximum absolute atomic E-state index is 12.6. The molecule has 29 heavy (non-hydrogen) atoms. The highest BCUT2D eigenvalue weighted by Crippen LogP contribution is 2.29. The summed E-state index contributed by atoms with van der Waals surface area (Å²) in [5.74, 6) is 1.01. The third-order valence-corrected chi connectivity index (χ3v) is 6.19. The summed E-state index contributed by atoms with van der Waals surface area (Å²) in [5, 5.41) is 8.71. The minimum absolute atomic E-state index is 0.0796. The number of hydrogen-bond donors (Lipinski definition) is 1. The van der Waals surface area contributed by atoms with Gasteiger partial charge in [0, 0.05) is 42.5 Å². The van der Waals surface area contributed by atoms with Crippen molar-refractivity contribution >= 4 is 17.2 Å². The number of carbonyl (C=O) groups is 1. The van der Waals surface area contributed by atoms with Gasteiger partial charge >= 0.3 is 0 Å². The number of carbonyl (C=O) groups excluding carboxylic acids is 1. The Morgan fingerprint density at radius 1 is 1.31 bits per heavy atom. The predicted molar refractivity (Wildman–Crippen MR) is 111 cm³/mol. The molecule has 3 aromatic heterocycles. The molecule has 4 heterocycles. The highest BCUT2D eigenvalue weighted by molar-refractivity contribution is 7.10. The summed E-state index contributed by atoms with van der Waals surface area (Å²) in [6, 6.07) is 4.27. The summed E-state index contributed by atoms with van der Waals surface area (Å²) in [6.45, 7) is 6.96. The molecule has 1 aliphatic heterocycles. The van der Waals surface area contributed by atoms with Crippen molar-refractivity contribution in [2.24, 2.45) is 0 Å². The van der Waals surface area contributed by atoms with Gasteiger partial charge in [-0.3, -0.25) is 14.7 Å². The van der Waals surface area contributed by atoms with E-state index in [0.717, 1.165) is 49.3 Å². The minimum atomic E-state index is -0.0796. The molecule has 0 radical (unpaired) electrons. The van der Waals surface area contributed by atoms with Crippen molar-refractivity contribution in [1.82, 2.24) is 25.3 Å². The Kier molecular flexibility index (Phi) is 6.01. The molecule has 1 N–H and O–H groups in total. The highest BCUT2D eigenvalue weighted by atomic mass is 32.1. The lowest BCUT2D eigenvalue weighted by Crippen LogP contribution is -2.31. The van der Waals surface area contributed by atoms with Crippen molar-refractivity contribution in [2.75, 3.05) is 6.54 Å². The summed E-state index contributed by atoms with van der Waals surface area (Å²) >= 11 is 1.66. The van der Waals surface area contributed by atoms with Crippen LogP contribution in [0.5, 0.6) is 0 Å². The van der Waals surface area contributed by atoms with E-state index >= 15 is 0 Å². The number of fused-ring (bicyclic) bond motifs is 1. The standard InChI is InChI=1S/C21H25N5O2S/c1-3-14-5-6-15(22-9-14)11-26-8-7-16-17(13-29-18(16)12-26)21(27)23-10-20-24-19(4-2)25-28-20/h5-6,9,13H,3-4,7-8,10-12H2,1-2H3,(H,23,27). The first-order valence-corrected chi connectivity index (χ1v) is 10.9. The molecule has 3 aromatic rings. The first kappa shape index (κ1) is 19.7. The largest absolute Gasteiger partial charge is 0.343 e. The van der Waals surface area contributed by atoms with Crippen LogP contribution in [-0.2, 0) is 38.9 Å². The minimum Gasteiger partial charge on any atom is -0.343 e. The van der Waals surface area contributed by atoms with Crippen LogP contribution in [0.2, 0.25) is 0 Å². The molecule has 0 saturated heterocycles. The number of pyridine rings is 1. The summed E-state index contributed by atoms with van der Waals surface area (Å²) in [5.41, 5.74) is 4.28. The lowest BCUT2D eigenvalue weighted by atomic mass is 10.0. The van der Waals surface area contributed by atoms with Crippen LogP contribution in [0, 0.1) is 0 Å². The molecular weight excluding hydrogens is 386 g/mol. The van der Waals surface area contributed by atoms with E-state index in [2.05, 4.69) is 44.4 Å². The van der Waals surface area contributed by atoms with E-state index < -0.39 is 0 Å². The number of aryl methyl sites for hydroxylation is 2. The number of nitrogens with one attached hydrogen (secondary N) is 1. The number of hydrogen-bond acceptors (Lipinski definition) is 7. The van der Waals surface area contributed by atoms with Crippen LogP contribution in [0.25, 0.3) is 0 Å². The highest BCUT2D eigenvalue weighted by Gasteiger charge is 2.24. The van der Waals surface area contributed by atoms with Crippen LogP contribution >= 0.6 is 11.3 Å². The smallest absolute Gasteiger partial charge is 0.252 e. The predicted octanol–water partition coefficient (Wildman–Crippen LogP) is 3.14. The zero-order chi connectivity index (χ0) is 20.2. The first-order chi connectivity index (χ1) is 14.2. The Labute approximate surface area is 174 Å². The van der Waals surface area contributed by atoms with Crippen LogP contribution in [0.4, 0.5) is 0 Å². The average molecular weight is 412 g/mol. The van der Waals surface area contributed by atoms with Crippen LogP contribution in [0.3, 0.4) is 0 Å². The number of thiophene rings is 1. The molecule has 1 aliphatic rings. The Bertz CT molecular complexity index is 979. The maximum Gasteiger partial charge on any atom is 0.252 e.